The SMILES string of the molecule is CCCNCC1CCC(CC)CC1C1CC1. The van der Waals surface area contributed by atoms with Crippen molar-refractivity contribution in [1.82, 2.24) is 5.32 Å². The first kappa shape index (κ1) is 12.4. The highest BCUT2D eigenvalue weighted by atomic mass is 14.9. The molecule has 0 radical (unpaired) electrons. The first-order chi connectivity index (χ1) is 7.85. The molecule has 0 aromatic rings. The molecule has 16 heavy (non-hydrogen) atoms. The minimum absolute atomic E-state index is 1.00. The summed E-state index contributed by atoms with van der Waals surface area (Å²) >= 11 is 0. The highest BCUT2D eigenvalue weighted by molar-refractivity contribution is 4.90. The average Bonchev–Trinajstić information content (AvgIpc) is 3.14. The van der Waals surface area contributed by atoms with Crippen molar-refractivity contribution < 1.29 is 0 Å². The molecule has 0 aliphatic heterocycles. The lowest BCUT2D eigenvalue weighted by atomic mass is 9.71. The fraction of sp³-hybridized carbons (Fsp3) is 1.00. The number of nitrogens with one attached hydrogen (secondary N) is 1. The maximum Gasteiger partial charge on any atom is -0.00178 e. The van der Waals surface area contributed by atoms with E-state index < -0.39 is 0 Å². The maximum absolute atomic E-state index is 3.65. The summed E-state index contributed by atoms with van der Waals surface area (Å²) in [5.41, 5.74) is 0. The Balaban J connectivity index is 1.80. The van der Waals surface area contributed by atoms with E-state index in [-0.39, 0.29) is 0 Å². The van der Waals surface area contributed by atoms with Gasteiger partial charge in [0.25, 0.3) is 0 Å². The van der Waals surface area contributed by atoms with Gasteiger partial charge in [-0.1, -0.05) is 26.7 Å². The van der Waals surface area contributed by atoms with Crippen LogP contribution >= 0.6 is 0 Å². The second-order valence-corrected chi connectivity index (χ2v) is 6.05. The molecule has 1 N–H and O–H groups in total. The van der Waals surface area contributed by atoms with Gasteiger partial charge in [0, 0.05) is 0 Å². The molecule has 2 aliphatic rings. The van der Waals surface area contributed by atoms with Crippen molar-refractivity contribution in [2.75, 3.05) is 13.1 Å². The quantitative estimate of drug-likeness (QED) is 0.675. The lowest BCUT2D eigenvalue weighted by Crippen LogP contribution is -2.34. The Hall–Kier alpha value is -0.0400. The van der Waals surface area contributed by atoms with E-state index in [0.29, 0.717) is 0 Å². The van der Waals surface area contributed by atoms with Crippen LogP contribution in [0.1, 0.15) is 58.8 Å². The average molecular weight is 223 g/mol. The molecule has 1 nitrogen and oxygen atoms in total. The molecule has 0 spiro atoms. The smallest absolute Gasteiger partial charge is 0.00178 e. The molecule has 0 amide bonds. The van der Waals surface area contributed by atoms with Crippen molar-refractivity contribution in [2.24, 2.45) is 23.7 Å². The molecular weight excluding hydrogens is 194 g/mol. The Morgan fingerprint density at radius 2 is 1.88 bits per heavy atom. The van der Waals surface area contributed by atoms with Gasteiger partial charge in [-0.05, 0) is 68.9 Å². The Labute approximate surface area is 101 Å². The summed E-state index contributed by atoms with van der Waals surface area (Å²) in [5.74, 6) is 4.24. The van der Waals surface area contributed by atoms with Crippen molar-refractivity contribution in [3.8, 4) is 0 Å². The third-order valence-corrected chi connectivity index (χ3v) is 4.79. The van der Waals surface area contributed by atoms with Crippen LogP contribution in [0.15, 0.2) is 0 Å². The first-order valence-corrected chi connectivity index (χ1v) is 7.55. The summed E-state index contributed by atoms with van der Waals surface area (Å²) in [6.45, 7) is 7.15. The van der Waals surface area contributed by atoms with E-state index >= 15 is 0 Å². The van der Waals surface area contributed by atoms with Crippen LogP contribution in [0.3, 0.4) is 0 Å². The third-order valence-electron chi connectivity index (χ3n) is 4.79. The van der Waals surface area contributed by atoms with Crippen LogP contribution in [0.2, 0.25) is 0 Å². The molecule has 0 aromatic heterocycles. The standard InChI is InChI=1S/C15H29N/c1-3-9-16-11-14-6-5-12(4-2)10-15(14)13-7-8-13/h12-16H,3-11H2,1-2H3. The van der Waals surface area contributed by atoms with E-state index in [0.717, 1.165) is 23.7 Å². The molecule has 0 aromatic carbocycles. The second kappa shape index (κ2) is 6.05. The first-order valence-electron chi connectivity index (χ1n) is 7.55. The van der Waals surface area contributed by atoms with E-state index in [1.807, 2.05) is 0 Å². The van der Waals surface area contributed by atoms with Gasteiger partial charge in [-0.2, -0.15) is 0 Å². The monoisotopic (exact) mass is 223 g/mol. The minimum Gasteiger partial charge on any atom is -0.316 e. The van der Waals surface area contributed by atoms with Gasteiger partial charge >= 0.3 is 0 Å². The topological polar surface area (TPSA) is 12.0 Å². The molecule has 1 heteroatoms. The van der Waals surface area contributed by atoms with E-state index in [9.17, 15) is 0 Å². The van der Waals surface area contributed by atoms with Crippen LogP contribution < -0.4 is 5.32 Å². The Morgan fingerprint density at radius 3 is 2.50 bits per heavy atom. The molecule has 2 saturated carbocycles. The fourth-order valence-corrected chi connectivity index (χ4v) is 3.55. The van der Waals surface area contributed by atoms with E-state index in [4.69, 9.17) is 0 Å². The zero-order valence-corrected chi connectivity index (χ0v) is 11.2. The maximum atomic E-state index is 3.65. The molecule has 0 bridgehead atoms. The molecule has 0 saturated heterocycles. The summed E-state index contributed by atoms with van der Waals surface area (Å²) in [5, 5.41) is 3.65. The molecule has 2 rings (SSSR count). The van der Waals surface area contributed by atoms with Crippen molar-refractivity contribution in [1.29, 1.82) is 0 Å². The zero-order chi connectivity index (χ0) is 11.4. The summed E-state index contributed by atoms with van der Waals surface area (Å²) < 4.78 is 0. The Morgan fingerprint density at radius 1 is 1.06 bits per heavy atom. The summed E-state index contributed by atoms with van der Waals surface area (Å²) in [7, 11) is 0. The summed E-state index contributed by atoms with van der Waals surface area (Å²) in [6.07, 6.45) is 10.3. The van der Waals surface area contributed by atoms with Crippen LogP contribution in [0.5, 0.6) is 0 Å². The van der Waals surface area contributed by atoms with Gasteiger partial charge in [0.2, 0.25) is 0 Å². The van der Waals surface area contributed by atoms with Crippen molar-refractivity contribution >= 4 is 0 Å². The molecule has 3 atom stereocenters. The van der Waals surface area contributed by atoms with Crippen molar-refractivity contribution in [2.45, 2.75) is 58.8 Å². The molecule has 2 aliphatic carbocycles. The molecule has 0 heterocycles. The molecule has 2 fully saturated rings. The molecular formula is C15H29N. The highest BCUT2D eigenvalue weighted by Crippen LogP contribution is 2.48. The zero-order valence-electron chi connectivity index (χ0n) is 11.2. The van der Waals surface area contributed by atoms with Gasteiger partial charge in [-0.15, -0.1) is 0 Å². The van der Waals surface area contributed by atoms with Gasteiger partial charge in [-0.3, -0.25) is 0 Å². The van der Waals surface area contributed by atoms with Crippen LogP contribution in [0.25, 0.3) is 0 Å². The fourth-order valence-electron chi connectivity index (χ4n) is 3.55. The van der Waals surface area contributed by atoms with Crippen molar-refractivity contribution in [3.63, 3.8) is 0 Å². The van der Waals surface area contributed by atoms with Crippen LogP contribution in [-0.2, 0) is 0 Å². The third kappa shape index (κ3) is 3.23. The predicted octanol–water partition coefficient (Wildman–Crippen LogP) is 3.84. The lowest BCUT2D eigenvalue weighted by molar-refractivity contribution is 0.152. The Kier molecular flexibility index (Phi) is 4.69. The van der Waals surface area contributed by atoms with Crippen LogP contribution in [-0.4, -0.2) is 13.1 Å². The molecule has 3 unspecified atom stereocenters. The van der Waals surface area contributed by atoms with Gasteiger partial charge in [-0.25, -0.2) is 0 Å². The van der Waals surface area contributed by atoms with Gasteiger partial charge in [0.1, 0.15) is 0 Å². The number of hydrogen-bond acceptors (Lipinski definition) is 1. The molecule has 94 valence electrons. The van der Waals surface area contributed by atoms with Gasteiger partial charge < -0.3 is 5.32 Å². The predicted molar refractivity (Wildman–Crippen MR) is 70.5 cm³/mol. The lowest BCUT2D eigenvalue weighted by Gasteiger charge is -2.36. The van der Waals surface area contributed by atoms with Crippen LogP contribution in [0.4, 0.5) is 0 Å². The van der Waals surface area contributed by atoms with Crippen molar-refractivity contribution in [3.05, 3.63) is 0 Å². The van der Waals surface area contributed by atoms with Gasteiger partial charge in [0.05, 0.1) is 0 Å². The van der Waals surface area contributed by atoms with E-state index in [1.54, 1.807) is 6.42 Å². The normalized spacial score (nSPS) is 35.2. The summed E-state index contributed by atoms with van der Waals surface area (Å²) in [4.78, 5) is 0. The van der Waals surface area contributed by atoms with Gasteiger partial charge in [0.15, 0.2) is 0 Å². The number of rotatable bonds is 6. The second-order valence-electron chi connectivity index (χ2n) is 6.05. The summed E-state index contributed by atoms with van der Waals surface area (Å²) in [6, 6.07) is 0. The Bertz CT molecular complexity index is 196. The highest BCUT2D eigenvalue weighted by Gasteiger charge is 2.39. The van der Waals surface area contributed by atoms with Crippen LogP contribution in [0, 0.1) is 23.7 Å². The van der Waals surface area contributed by atoms with E-state index in [2.05, 4.69) is 19.2 Å². The largest absolute Gasteiger partial charge is 0.316 e. The number of hydrogen-bond donors (Lipinski definition) is 1. The van der Waals surface area contributed by atoms with E-state index in [1.165, 1.54) is 51.6 Å². The minimum atomic E-state index is 1.00.